The predicted molar refractivity (Wildman–Crippen MR) is 69.4 cm³/mol. The van der Waals surface area contributed by atoms with Gasteiger partial charge in [-0.2, -0.15) is 17.6 Å². The van der Waals surface area contributed by atoms with E-state index in [1.54, 1.807) is 0 Å². The van der Waals surface area contributed by atoms with Crippen molar-refractivity contribution >= 4 is 0 Å². The highest BCUT2D eigenvalue weighted by Gasteiger charge is 2.58. The van der Waals surface area contributed by atoms with Gasteiger partial charge in [0, 0.05) is 11.1 Å². The highest BCUT2D eigenvalue weighted by atomic mass is 19.3. The quantitative estimate of drug-likeness (QED) is 0.591. The Hall–Kier alpha value is -1.88. The molecule has 1 heterocycles. The molecule has 0 spiro atoms. The van der Waals surface area contributed by atoms with Crippen molar-refractivity contribution in [2.75, 3.05) is 6.61 Å². The molecule has 1 fully saturated rings. The van der Waals surface area contributed by atoms with Crippen molar-refractivity contribution in [3.63, 3.8) is 0 Å². The Morgan fingerprint density at radius 2 is 1.24 bits per heavy atom. The van der Waals surface area contributed by atoms with Crippen molar-refractivity contribution in [1.82, 2.24) is 0 Å². The van der Waals surface area contributed by atoms with Gasteiger partial charge in [0.15, 0.2) is 0 Å². The van der Waals surface area contributed by atoms with Crippen LogP contribution in [0.3, 0.4) is 0 Å². The van der Waals surface area contributed by atoms with Crippen molar-refractivity contribution in [1.29, 1.82) is 0 Å². The summed E-state index contributed by atoms with van der Waals surface area (Å²) in [5.74, 6) is -8.55. The van der Waals surface area contributed by atoms with Crippen LogP contribution in [-0.4, -0.2) is 6.61 Å². The van der Waals surface area contributed by atoms with Gasteiger partial charge < -0.3 is 4.74 Å². The summed E-state index contributed by atoms with van der Waals surface area (Å²) in [5, 5.41) is 0. The lowest BCUT2D eigenvalue weighted by Gasteiger charge is -2.27. The fraction of sp³-hybridized carbons (Fsp3) is 0.250. The summed E-state index contributed by atoms with van der Waals surface area (Å²) in [4.78, 5) is 0. The first kappa shape index (κ1) is 14.1. The molecule has 110 valence electrons. The molecular formula is C16H12F4O. The second kappa shape index (κ2) is 4.84. The van der Waals surface area contributed by atoms with Crippen LogP contribution >= 0.6 is 0 Å². The number of alkyl halides is 4. The average Bonchev–Trinajstić information content (AvgIpc) is 3.33. The van der Waals surface area contributed by atoms with Crippen LogP contribution in [0.2, 0.25) is 0 Å². The van der Waals surface area contributed by atoms with E-state index in [-0.39, 0.29) is 6.10 Å². The van der Waals surface area contributed by atoms with E-state index in [1.165, 1.54) is 30.3 Å². The lowest BCUT2D eigenvalue weighted by atomic mass is 9.95. The minimum Gasteiger partial charge on any atom is -0.368 e. The van der Waals surface area contributed by atoms with Crippen molar-refractivity contribution in [2.45, 2.75) is 17.9 Å². The normalized spacial score (nSPS) is 18.6. The fourth-order valence-electron chi connectivity index (χ4n) is 2.16. The highest BCUT2D eigenvalue weighted by Crippen LogP contribution is 2.49. The first-order chi connectivity index (χ1) is 9.93. The van der Waals surface area contributed by atoms with Crippen molar-refractivity contribution in [3.05, 3.63) is 71.3 Å². The van der Waals surface area contributed by atoms with Crippen LogP contribution in [-0.2, 0) is 16.6 Å². The number of ether oxygens (including phenoxy) is 1. The van der Waals surface area contributed by atoms with Gasteiger partial charge in [0.25, 0.3) is 0 Å². The summed E-state index contributed by atoms with van der Waals surface area (Å²) in [6.07, 6.45) is -0.0951. The van der Waals surface area contributed by atoms with Gasteiger partial charge in [-0.1, -0.05) is 54.6 Å². The highest BCUT2D eigenvalue weighted by molar-refractivity contribution is 5.33. The van der Waals surface area contributed by atoms with Gasteiger partial charge in [-0.25, -0.2) is 0 Å². The molecule has 3 rings (SSSR count). The van der Waals surface area contributed by atoms with Crippen molar-refractivity contribution in [3.8, 4) is 0 Å². The molecule has 0 aliphatic carbocycles. The fourth-order valence-corrected chi connectivity index (χ4v) is 2.16. The molecule has 1 unspecified atom stereocenters. The minimum atomic E-state index is -4.28. The number of hydrogen-bond donors (Lipinski definition) is 0. The van der Waals surface area contributed by atoms with E-state index in [0.717, 1.165) is 29.8 Å². The maximum atomic E-state index is 14.2. The lowest BCUT2D eigenvalue weighted by Crippen LogP contribution is -2.35. The van der Waals surface area contributed by atoms with Crippen LogP contribution in [0.4, 0.5) is 17.6 Å². The van der Waals surface area contributed by atoms with E-state index in [4.69, 9.17) is 4.74 Å². The third-order valence-electron chi connectivity index (χ3n) is 3.51. The molecule has 0 bridgehead atoms. The Bertz CT molecular complexity index is 618. The van der Waals surface area contributed by atoms with Gasteiger partial charge in [0.1, 0.15) is 6.10 Å². The van der Waals surface area contributed by atoms with Crippen LogP contribution in [0.25, 0.3) is 0 Å². The molecule has 1 nitrogen and oxygen atoms in total. The first-order valence-electron chi connectivity index (χ1n) is 6.46. The standard InChI is InChI=1S/C16H12F4O/c17-15(18,12-4-2-1-3-5-12)16(19,20)13-8-6-11(7-9-13)14-10-21-14/h1-9,14H,10H2. The second-order valence-corrected chi connectivity index (χ2v) is 4.96. The molecule has 0 aromatic heterocycles. The molecule has 2 aromatic carbocycles. The van der Waals surface area contributed by atoms with Gasteiger partial charge in [-0.05, 0) is 5.56 Å². The predicted octanol–water partition coefficient (Wildman–Crippen LogP) is 4.64. The molecule has 1 aliphatic rings. The Kier molecular flexibility index (Phi) is 3.24. The number of halogens is 4. The summed E-state index contributed by atoms with van der Waals surface area (Å²) in [5.41, 5.74) is -0.692. The van der Waals surface area contributed by atoms with E-state index in [1.807, 2.05) is 0 Å². The van der Waals surface area contributed by atoms with E-state index >= 15 is 0 Å². The van der Waals surface area contributed by atoms with Crippen LogP contribution in [0, 0.1) is 0 Å². The maximum absolute atomic E-state index is 14.2. The summed E-state index contributed by atoms with van der Waals surface area (Å²) in [6, 6.07) is 11.0. The summed E-state index contributed by atoms with van der Waals surface area (Å²) < 4.78 is 61.6. The Morgan fingerprint density at radius 1 is 0.762 bits per heavy atom. The smallest absolute Gasteiger partial charge is 0.339 e. The molecule has 0 N–H and O–H groups in total. The minimum absolute atomic E-state index is 0.0951. The molecular weight excluding hydrogens is 284 g/mol. The van der Waals surface area contributed by atoms with Crippen LogP contribution in [0.15, 0.2) is 54.6 Å². The molecule has 1 atom stereocenters. The number of hydrogen-bond acceptors (Lipinski definition) is 1. The molecule has 1 aliphatic heterocycles. The largest absolute Gasteiger partial charge is 0.368 e. The molecule has 1 saturated heterocycles. The van der Waals surface area contributed by atoms with E-state index in [0.29, 0.717) is 6.61 Å². The zero-order chi connectivity index (χ0) is 15.1. The molecule has 0 amide bonds. The zero-order valence-corrected chi connectivity index (χ0v) is 10.9. The van der Waals surface area contributed by atoms with E-state index in [2.05, 4.69) is 0 Å². The molecule has 2 aromatic rings. The summed E-state index contributed by atoms with van der Waals surface area (Å²) in [6.45, 7) is 0.538. The number of benzene rings is 2. The molecule has 0 saturated carbocycles. The first-order valence-corrected chi connectivity index (χ1v) is 6.46. The van der Waals surface area contributed by atoms with Crippen LogP contribution < -0.4 is 0 Å². The van der Waals surface area contributed by atoms with E-state index in [9.17, 15) is 17.6 Å². The maximum Gasteiger partial charge on any atom is 0.339 e. The third-order valence-corrected chi connectivity index (χ3v) is 3.51. The van der Waals surface area contributed by atoms with Gasteiger partial charge in [0.2, 0.25) is 0 Å². The lowest BCUT2D eigenvalue weighted by molar-refractivity contribution is -0.223. The Morgan fingerprint density at radius 3 is 1.71 bits per heavy atom. The summed E-state index contributed by atoms with van der Waals surface area (Å²) in [7, 11) is 0. The van der Waals surface area contributed by atoms with Crippen molar-refractivity contribution < 1.29 is 22.3 Å². The summed E-state index contributed by atoms with van der Waals surface area (Å²) >= 11 is 0. The van der Waals surface area contributed by atoms with E-state index < -0.39 is 23.0 Å². The Balaban J connectivity index is 1.94. The Labute approximate surface area is 119 Å². The SMILES string of the molecule is FC(F)(c1ccccc1)C(F)(F)c1ccc(C2CO2)cc1. The zero-order valence-electron chi connectivity index (χ0n) is 10.9. The van der Waals surface area contributed by atoms with Crippen LogP contribution in [0.1, 0.15) is 22.8 Å². The van der Waals surface area contributed by atoms with Gasteiger partial charge in [-0.3, -0.25) is 0 Å². The van der Waals surface area contributed by atoms with Gasteiger partial charge in [0.05, 0.1) is 6.61 Å². The molecule has 5 heteroatoms. The molecule has 0 radical (unpaired) electrons. The van der Waals surface area contributed by atoms with Gasteiger partial charge in [-0.15, -0.1) is 0 Å². The topological polar surface area (TPSA) is 12.5 Å². The second-order valence-electron chi connectivity index (χ2n) is 4.96. The van der Waals surface area contributed by atoms with Crippen LogP contribution in [0.5, 0.6) is 0 Å². The number of epoxide rings is 1. The average molecular weight is 296 g/mol. The van der Waals surface area contributed by atoms with Crippen molar-refractivity contribution in [2.24, 2.45) is 0 Å². The molecule has 21 heavy (non-hydrogen) atoms. The van der Waals surface area contributed by atoms with Gasteiger partial charge >= 0.3 is 11.8 Å². The monoisotopic (exact) mass is 296 g/mol. The third kappa shape index (κ3) is 2.42. The number of rotatable bonds is 4.